The largest absolute Gasteiger partial charge is 0.462 e. The molecule has 3 nitrogen and oxygen atoms in total. The van der Waals surface area contributed by atoms with Crippen LogP contribution in [0.1, 0.15) is 22.2 Å². The number of halogens is 2. The maximum Gasteiger partial charge on any atom is 0.341 e. The number of hydrogen-bond acceptors (Lipinski definition) is 4. The summed E-state index contributed by atoms with van der Waals surface area (Å²) in [5.74, 6) is -0.436. The Balaban J connectivity index is 2.62. The second-order valence-electron chi connectivity index (χ2n) is 3.36. The second kappa shape index (κ2) is 4.92. The number of nitrogens with zero attached hydrogens (tertiary/aromatic N) is 1. The van der Waals surface area contributed by atoms with E-state index in [0.717, 1.165) is 19.6 Å². The number of carbonyl (C=O) groups excluding carboxylic acids is 1. The van der Waals surface area contributed by atoms with Crippen molar-refractivity contribution in [2.24, 2.45) is 0 Å². The molecule has 6 heteroatoms. The smallest absolute Gasteiger partial charge is 0.341 e. The molecule has 0 spiro atoms. The van der Waals surface area contributed by atoms with E-state index in [4.69, 9.17) is 16.3 Å². The number of fused-ring (bicyclic) bond motifs is 1. The summed E-state index contributed by atoms with van der Waals surface area (Å²) in [6.07, 6.45) is 1.46. The van der Waals surface area contributed by atoms with Gasteiger partial charge in [-0.25, -0.2) is 4.79 Å². The molecular weight excluding hydrogens is 326 g/mol. The van der Waals surface area contributed by atoms with Crippen LogP contribution in [0.3, 0.4) is 0 Å². The maximum atomic E-state index is 11.6. The van der Waals surface area contributed by atoms with Gasteiger partial charge >= 0.3 is 5.97 Å². The fourth-order valence-electron chi connectivity index (χ4n) is 1.44. The Kier molecular flexibility index (Phi) is 3.70. The third kappa shape index (κ3) is 2.19. The van der Waals surface area contributed by atoms with E-state index >= 15 is 0 Å². The van der Waals surface area contributed by atoms with Gasteiger partial charge in [-0.15, -0.1) is 11.3 Å². The van der Waals surface area contributed by atoms with E-state index in [0.29, 0.717) is 17.2 Å². The molecule has 0 atom stereocenters. The number of ether oxygens (including phenoxy) is 1. The Bertz CT molecular complexity index is 597. The van der Waals surface area contributed by atoms with E-state index in [9.17, 15) is 4.79 Å². The van der Waals surface area contributed by atoms with Crippen LogP contribution in [0.5, 0.6) is 0 Å². The zero-order valence-electron chi connectivity index (χ0n) is 9.21. The molecule has 0 amide bonds. The quantitative estimate of drug-likeness (QED) is 0.773. The van der Waals surface area contributed by atoms with E-state index in [1.807, 2.05) is 6.92 Å². The third-order valence-corrected chi connectivity index (χ3v) is 5.09. The monoisotopic (exact) mass is 333 g/mol. The summed E-state index contributed by atoms with van der Waals surface area (Å²) in [5, 5.41) is 0.409. The lowest BCUT2D eigenvalue weighted by molar-refractivity contribution is 0.0526. The average Bonchev–Trinajstić information content (AvgIpc) is 2.58. The van der Waals surface area contributed by atoms with Crippen LogP contribution in [0, 0.1) is 6.92 Å². The van der Waals surface area contributed by atoms with Crippen molar-refractivity contribution < 1.29 is 9.53 Å². The fraction of sp³-hybridized carbons (Fsp3) is 0.273. The van der Waals surface area contributed by atoms with Crippen LogP contribution in [0.15, 0.2) is 10.7 Å². The number of thiophene rings is 1. The summed E-state index contributed by atoms with van der Waals surface area (Å²) in [4.78, 5) is 17.0. The molecule has 2 aromatic rings. The van der Waals surface area contributed by atoms with Gasteiger partial charge in [0.1, 0.15) is 0 Å². The van der Waals surface area contributed by atoms with Crippen LogP contribution >= 0.6 is 38.9 Å². The van der Waals surface area contributed by atoms with Gasteiger partial charge in [-0.3, -0.25) is 4.98 Å². The first kappa shape index (κ1) is 12.8. The summed E-state index contributed by atoms with van der Waals surface area (Å²) in [6.45, 7) is 4.04. The SMILES string of the molecule is CCOC(=O)c1cnc2c(Br)c(C)sc2c1Cl. The molecule has 0 unspecified atom stereocenters. The van der Waals surface area contributed by atoms with Gasteiger partial charge in [0.2, 0.25) is 0 Å². The molecule has 0 saturated carbocycles. The van der Waals surface area contributed by atoms with Crippen molar-refractivity contribution >= 4 is 55.1 Å². The summed E-state index contributed by atoms with van der Waals surface area (Å²) < 4.78 is 6.66. The lowest BCUT2D eigenvalue weighted by Gasteiger charge is -2.03. The predicted octanol–water partition coefficient (Wildman–Crippen LogP) is 4.20. The zero-order chi connectivity index (χ0) is 12.6. The van der Waals surface area contributed by atoms with Gasteiger partial charge < -0.3 is 4.74 Å². The van der Waals surface area contributed by atoms with Gasteiger partial charge in [0.05, 0.1) is 31.9 Å². The van der Waals surface area contributed by atoms with Crippen LogP contribution in [-0.4, -0.2) is 17.6 Å². The number of carbonyl (C=O) groups is 1. The molecule has 0 aliphatic carbocycles. The highest BCUT2D eigenvalue weighted by molar-refractivity contribution is 9.10. The van der Waals surface area contributed by atoms with Crippen molar-refractivity contribution in [2.45, 2.75) is 13.8 Å². The van der Waals surface area contributed by atoms with Crippen molar-refractivity contribution in [1.82, 2.24) is 4.98 Å². The number of esters is 1. The van der Waals surface area contributed by atoms with E-state index in [1.54, 1.807) is 6.92 Å². The highest BCUT2D eigenvalue weighted by Crippen LogP contribution is 2.38. The van der Waals surface area contributed by atoms with Crippen molar-refractivity contribution in [3.8, 4) is 0 Å². The Morgan fingerprint density at radius 1 is 1.65 bits per heavy atom. The lowest BCUT2D eigenvalue weighted by Crippen LogP contribution is -2.05. The molecule has 0 saturated heterocycles. The van der Waals surface area contributed by atoms with Crippen LogP contribution < -0.4 is 0 Å². The minimum absolute atomic E-state index is 0.315. The van der Waals surface area contributed by atoms with Crippen molar-refractivity contribution in [2.75, 3.05) is 6.61 Å². The Labute approximate surface area is 116 Å². The van der Waals surface area contributed by atoms with Gasteiger partial charge in [-0.05, 0) is 29.8 Å². The summed E-state index contributed by atoms with van der Waals surface area (Å²) in [7, 11) is 0. The van der Waals surface area contributed by atoms with Gasteiger partial charge in [-0.2, -0.15) is 0 Å². The first-order valence-corrected chi connectivity index (χ1v) is 6.95. The minimum atomic E-state index is -0.436. The van der Waals surface area contributed by atoms with E-state index in [-0.39, 0.29) is 0 Å². The Morgan fingerprint density at radius 3 is 3.00 bits per heavy atom. The van der Waals surface area contributed by atoms with Crippen LogP contribution in [0.4, 0.5) is 0 Å². The topological polar surface area (TPSA) is 39.2 Å². The normalized spacial score (nSPS) is 10.8. The molecule has 0 N–H and O–H groups in total. The molecule has 2 heterocycles. The Morgan fingerprint density at radius 2 is 2.35 bits per heavy atom. The van der Waals surface area contributed by atoms with Crippen LogP contribution in [0.25, 0.3) is 10.2 Å². The molecule has 90 valence electrons. The highest BCUT2D eigenvalue weighted by Gasteiger charge is 2.18. The molecule has 0 aliphatic rings. The highest BCUT2D eigenvalue weighted by atomic mass is 79.9. The van der Waals surface area contributed by atoms with E-state index in [1.165, 1.54) is 17.5 Å². The van der Waals surface area contributed by atoms with Gasteiger partial charge in [0, 0.05) is 11.1 Å². The van der Waals surface area contributed by atoms with E-state index < -0.39 is 5.97 Å². The standard InChI is InChI=1S/C11H9BrClNO2S/c1-3-16-11(15)6-4-14-9-7(12)5(2)17-10(9)8(6)13/h4H,3H2,1-2H3. The van der Waals surface area contributed by atoms with Crippen molar-refractivity contribution in [1.29, 1.82) is 0 Å². The summed E-state index contributed by atoms with van der Waals surface area (Å²) in [6, 6.07) is 0. The number of rotatable bonds is 2. The number of hydrogen-bond donors (Lipinski definition) is 0. The number of pyridine rings is 1. The lowest BCUT2D eigenvalue weighted by atomic mass is 10.2. The Hall–Kier alpha value is -0.650. The number of aromatic nitrogens is 1. The first-order valence-electron chi connectivity index (χ1n) is 4.96. The molecule has 2 rings (SSSR count). The van der Waals surface area contributed by atoms with Crippen LogP contribution in [0.2, 0.25) is 5.02 Å². The molecule has 0 aromatic carbocycles. The zero-order valence-corrected chi connectivity index (χ0v) is 12.4. The maximum absolute atomic E-state index is 11.6. The third-order valence-electron chi connectivity index (χ3n) is 2.24. The molecule has 0 fully saturated rings. The summed E-state index contributed by atoms with van der Waals surface area (Å²) in [5.41, 5.74) is 1.10. The predicted molar refractivity (Wildman–Crippen MR) is 73.0 cm³/mol. The van der Waals surface area contributed by atoms with Crippen LogP contribution in [-0.2, 0) is 4.74 Å². The molecule has 0 radical (unpaired) electrons. The van der Waals surface area contributed by atoms with E-state index in [2.05, 4.69) is 20.9 Å². The number of aryl methyl sites for hydroxylation is 1. The van der Waals surface area contributed by atoms with Crippen molar-refractivity contribution in [3.63, 3.8) is 0 Å². The molecular formula is C11H9BrClNO2S. The van der Waals surface area contributed by atoms with Gasteiger partial charge in [0.25, 0.3) is 0 Å². The second-order valence-corrected chi connectivity index (χ2v) is 5.75. The molecule has 2 aromatic heterocycles. The first-order chi connectivity index (χ1) is 8.06. The average molecular weight is 335 g/mol. The molecule has 17 heavy (non-hydrogen) atoms. The van der Waals surface area contributed by atoms with Gasteiger partial charge in [-0.1, -0.05) is 11.6 Å². The fourth-order valence-corrected chi connectivity index (χ4v) is 3.39. The molecule has 0 aliphatic heterocycles. The minimum Gasteiger partial charge on any atom is -0.462 e. The van der Waals surface area contributed by atoms with Gasteiger partial charge in [0.15, 0.2) is 0 Å². The summed E-state index contributed by atoms with van der Waals surface area (Å²) >= 11 is 11.2. The van der Waals surface area contributed by atoms with Crippen molar-refractivity contribution in [3.05, 3.63) is 26.1 Å². The molecule has 0 bridgehead atoms.